The number of esters is 2. The molecule has 63 heavy (non-hydrogen) atoms. The maximum Gasteiger partial charge on any atom is 0.306 e. The number of carbonyl (C=O) groups excluding carboxylic acids is 3. The number of hydrogen-bond acceptors (Lipinski definition) is 11. The normalized spacial score (nSPS) is 19.6. The molecule has 0 aromatic rings. The third-order valence-electron chi connectivity index (χ3n) is 10.3. The highest BCUT2D eigenvalue weighted by molar-refractivity contribution is 7.45. The maximum absolute atomic E-state index is 12.8. The highest BCUT2D eigenvalue weighted by atomic mass is 31.2. The van der Waals surface area contributed by atoms with E-state index in [1.807, 2.05) is 33.3 Å². The number of allylic oxidation sites excluding steroid dienone is 13. The van der Waals surface area contributed by atoms with E-state index in [2.05, 4.69) is 74.6 Å². The number of nitrogens with zero attached hydrogens (tertiary/aromatic N) is 1. The lowest BCUT2D eigenvalue weighted by Gasteiger charge is -2.28. The van der Waals surface area contributed by atoms with E-state index in [9.17, 15) is 34.1 Å². The lowest BCUT2D eigenvalue weighted by Crippen LogP contribution is -2.37. The van der Waals surface area contributed by atoms with Gasteiger partial charge >= 0.3 is 11.9 Å². The molecule has 358 valence electrons. The Morgan fingerprint density at radius 2 is 1.37 bits per heavy atom. The summed E-state index contributed by atoms with van der Waals surface area (Å²) in [7, 11) is 0.967. The van der Waals surface area contributed by atoms with E-state index in [0.29, 0.717) is 43.1 Å². The van der Waals surface area contributed by atoms with Gasteiger partial charge in [0.25, 0.3) is 7.82 Å². The standard InChI is InChI=1S/C50H82NO11P/c1-6-8-10-11-12-13-14-15-16-17-18-19-20-21-22-23-24-25-30-34-49(55)59-41-44(42-61-63(57,58)60-39-38-51(3,4)5)62-50(56)35-31-27-26-29-33-45-46(48(54)40-47(45)53)37-36-43(52)32-28-9-7-2/h8,10,12-13,15-16,18-19,21-22,24-25,36-37,43-47,52-53H,6-7,9,11,14,17,20,23,26-35,38-42H2,1-5H3/b10-8-,13-12-,16-15-,19-18-,22-21-,25-24-,37-36+/t43-,44+,45+,46+,47-/m0/s1. The highest BCUT2D eigenvalue weighted by Gasteiger charge is 2.39. The van der Waals surface area contributed by atoms with Crippen molar-refractivity contribution in [2.75, 3.05) is 47.5 Å². The van der Waals surface area contributed by atoms with E-state index in [1.54, 1.807) is 12.2 Å². The minimum absolute atomic E-state index is 0.00889. The summed E-state index contributed by atoms with van der Waals surface area (Å²) in [4.78, 5) is 50.4. The van der Waals surface area contributed by atoms with Crippen molar-refractivity contribution in [3.05, 3.63) is 85.1 Å². The summed E-state index contributed by atoms with van der Waals surface area (Å²) in [6, 6.07) is 0. The average molecular weight is 904 g/mol. The first-order valence-corrected chi connectivity index (χ1v) is 24.9. The fraction of sp³-hybridized carbons (Fsp3) is 0.660. The summed E-state index contributed by atoms with van der Waals surface area (Å²) < 4.78 is 33.8. The fourth-order valence-corrected chi connectivity index (χ4v) is 7.37. The molecule has 0 heterocycles. The molecule has 0 aliphatic heterocycles. The van der Waals surface area contributed by atoms with Gasteiger partial charge in [-0.15, -0.1) is 0 Å². The lowest BCUT2D eigenvalue weighted by atomic mass is 9.88. The molecule has 0 amide bonds. The number of ether oxygens (including phenoxy) is 2. The Hall–Kier alpha value is -3.22. The Bertz CT molecular complexity index is 1510. The zero-order chi connectivity index (χ0) is 46.6. The third kappa shape index (κ3) is 33.0. The van der Waals surface area contributed by atoms with Gasteiger partial charge < -0.3 is 38.1 Å². The van der Waals surface area contributed by atoms with E-state index in [1.165, 1.54) is 0 Å². The smallest absolute Gasteiger partial charge is 0.306 e. The molecule has 12 nitrogen and oxygen atoms in total. The van der Waals surface area contributed by atoms with E-state index in [4.69, 9.17) is 18.5 Å². The van der Waals surface area contributed by atoms with Crippen LogP contribution in [0.2, 0.25) is 0 Å². The Labute approximate surface area is 380 Å². The molecule has 1 unspecified atom stereocenters. The van der Waals surface area contributed by atoms with Crippen molar-refractivity contribution in [2.45, 2.75) is 154 Å². The highest BCUT2D eigenvalue weighted by Crippen LogP contribution is 2.38. The van der Waals surface area contributed by atoms with Crippen molar-refractivity contribution >= 4 is 25.5 Å². The molecule has 1 rings (SSSR count). The molecule has 0 radical (unpaired) electrons. The van der Waals surface area contributed by atoms with Crippen LogP contribution in [-0.2, 0) is 37.5 Å². The summed E-state index contributed by atoms with van der Waals surface area (Å²) >= 11 is 0. The number of carbonyl (C=O) groups is 3. The van der Waals surface area contributed by atoms with E-state index >= 15 is 0 Å². The zero-order valence-electron chi connectivity index (χ0n) is 39.2. The largest absolute Gasteiger partial charge is 0.756 e. The number of phosphoric ester groups is 1. The van der Waals surface area contributed by atoms with Crippen LogP contribution in [0, 0.1) is 11.8 Å². The second kappa shape index (κ2) is 36.1. The van der Waals surface area contributed by atoms with Gasteiger partial charge in [-0.3, -0.25) is 18.9 Å². The van der Waals surface area contributed by atoms with E-state index in [0.717, 1.165) is 70.6 Å². The van der Waals surface area contributed by atoms with Crippen LogP contribution in [0.4, 0.5) is 0 Å². The molecule has 0 bridgehead atoms. The number of aliphatic hydroxyl groups is 2. The van der Waals surface area contributed by atoms with Crippen LogP contribution in [-0.4, -0.2) is 98.2 Å². The second-order valence-corrected chi connectivity index (χ2v) is 18.6. The van der Waals surface area contributed by atoms with Gasteiger partial charge in [0.1, 0.15) is 25.5 Å². The van der Waals surface area contributed by atoms with Gasteiger partial charge in [0, 0.05) is 25.2 Å². The minimum Gasteiger partial charge on any atom is -0.756 e. The number of ketones is 1. The van der Waals surface area contributed by atoms with Crippen LogP contribution in [0.3, 0.4) is 0 Å². The third-order valence-corrected chi connectivity index (χ3v) is 11.3. The molecule has 0 aromatic carbocycles. The number of unbranched alkanes of at least 4 members (excludes halogenated alkanes) is 5. The monoisotopic (exact) mass is 904 g/mol. The molecule has 0 saturated heterocycles. The van der Waals surface area contributed by atoms with Crippen LogP contribution >= 0.6 is 7.82 Å². The van der Waals surface area contributed by atoms with E-state index < -0.39 is 50.6 Å². The Balaban J connectivity index is 2.51. The Morgan fingerprint density at radius 3 is 1.95 bits per heavy atom. The van der Waals surface area contributed by atoms with Crippen molar-refractivity contribution < 1.29 is 57.1 Å². The molecular formula is C50H82NO11P. The molecule has 0 aromatic heterocycles. The molecule has 13 heteroatoms. The topological polar surface area (TPSA) is 169 Å². The number of Topliss-reactive ketones (excluding diaryl/α,β-unsaturated/α-hetero) is 1. The van der Waals surface area contributed by atoms with Crippen molar-refractivity contribution in [1.29, 1.82) is 0 Å². The van der Waals surface area contributed by atoms with Crippen LogP contribution in [0.5, 0.6) is 0 Å². The van der Waals surface area contributed by atoms with Gasteiger partial charge in [-0.05, 0) is 70.1 Å². The summed E-state index contributed by atoms with van der Waals surface area (Å²) in [5, 5.41) is 20.8. The van der Waals surface area contributed by atoms with Crippen molar-refractivity contribution in [1.82, 2.24) is 0 Å². The van der Waals surface area contributed by atoms with Crippen molar-refractivity contribution in [3.63, 3.8) is 0 Å². The number of phosphoric acid groups is 1. The second-order valence-electron chi connectivity index (χ2n) is 17.2. The van der Waals surface area contributed by atoms with Gasteiger partial charge in [0.15, 0.2) is 6.10 Å². The predicted octanol–water partition coefficient (Wildman–Crippen LogP) is 9.53. The molecule has 1 fully saturated rings. The number of aliphatic hydroxyl groups excluding tert-OH is 2. The van der Waals surface area contributed by atoms with Crippen LogP contribution in [0.1, 0.15) is 136 Å². The molecule has 1 aliphatic rings. The molecular weight excluding hydrogens is 822 g/mol. The molecule has 1 aliphatic carbocycles. The number of likely N-dealkylation sites (N-methyl/N-ethyl adjacent to an activating group) is 1. The quantitative estimate of drug-likeness (QED) is 0.0200. The summed E-state index contributed by atoms with van der Waals surface area (Å²) in [5.41, 5.74) is 0. The Morgan fingerprint density at radius 1 is 0.778 bits per heavy atom. The maximum atomic E-state index is 12.8. The molecule has 0 spiro atoms. The number of hydrogen-bond donors (Lipinski definition) is 2. The van der Waals surface area contributed by atoms with Crippen molar-refractivity contribution in [2.24, 2.45) is 11.8 Å². The van der Waals surface area contributed by atoms with Gasteiger partial charge in [-0.2, -0.15) is 0 Å². The predicted molar refractivity (Wildman–Crippen MR) is 250 cm³/mol. The summed E-state index contributed by atoms with van der Waals surface area (Å²) in [5.74, 6) is -1.72. The number of quaternary nitrogens is 1. The number of rotatable bonds is 37. The Kier molecular flexibility index (Phi) is 33.1. The molecule has 2 N–H and O–H groups in total. The first kappa shape index (κ1) is 57.8. The lowest BCUT2D eigenvalue weighted by molar-refractivity contribution is -0.870. The van der Waals surface area contributed by atoms with Crippen LogP contribution in [0.15, 0.2) is 85.1 Å². The minimum atomic E-state index is -4.72. The SMILES string of the molecule is CC/C=C\C/C=C\C/C=C\C/C=C\C/C=C\C/C=C\CCC(=O)OC[C@H](COP(=O)([O-])OCC[N+](C)(C)C)OC(=O)CCCCCC[C@H]1[C@@H](O)CC(=O)[C@@H]1/C=C/[C@@H](O)CCCCC. The van der Waals surface area contributed by atoms with E-state index in [-0.39, 0.29) is 44.2 Å². The zero-order valence-corrected chi connectivity index (χ0v) is 40.1. The summed E-state index contributed by atoms with van der Waals surface area (Å²) in [6.07, 6.45) is 39.6. The van der Waals surface area contributed by atoms with Gasteiger partial charge in [-0.25, -0.2) is 0 Å². The summed E-state index contributed by atoms with van der Waals surface area (Å²) in [6.45, 7) is 3.63. The first-order valence-electron chi connectivity index (χ1n) is 23.4. The van der Waals surface area contributed by atoms with Gasteiger partial charge in [-0.1, -0.05) is 137 Å². The molecule has 1 saturated carbocycles. The van der Waals surface area contributed by atoms with Gasteiger partial charge in [0.05, 0.1) is 40.0 Å². The first-order chi connectivity index (χ1) is 30.2. The van der Waals surface area contributed by atoms with Crippen molar-refractivity contribution in [3.8, 4) is 0 Å². The molecule has 6 atom stereocenters. The average Bonchev–Trinajstić information content (AvgIpc) is 3.50. The van der Waals surface area contributed by atoms with Crippen LogP contribution in [0.25, 0.3) is 0 Å². The van der Waals surface area contributed by atoms with Gasteiger partial charge in [0.2, 0.25) is 0 Å². The van der Waals surface area contributed by atoms with Crippen LogP contribution < -0.4 is 4.89 Å². The fourth-order valence-electron chi connectivity index (χ4n) is 6.64.